The van der Waals surface area contributed by atoms with Gasteiger partial charge in [-0.25, -0.2) is 4.98 Å². The fourth-order valence-electron chi connectivity index (χ4n) is 4.27. The van der Waals surface area contributed by atoms with E-state index in [9.17, 15) is 4.79 Å². The minimum atomic E-state index is -0.350. The predicted molar refractivity (Wildman–Crippen MR) is 121 cm³/mol. The molecule has 2 fully saturated rings. The molecule has 1 heterocycles. The Morgan fingerprint density at radius 1 is 1.07 bits per heavy atom. The van der Waals surface area contributed by atoms with Crippen molar-refractivity contribution in [3.05, 3.63) is 46.6 Å². The summed E-state index contributed by atoms with van der Waals surface area (Å²) in [6.45, 7) is 1.99. The number of rotatable bonds is 6. The lowest BCUT2D eigenvalue weighted by Crippen LogP contribution is -2.44. The van der Waals surface area contributed by atoms with Gasteiger partial charge in [0.15, 0.2) is 0 Å². The maximum Gasteiger partial charge on any atom is 0.230 e. The second-order valence-electron chi connectivity index (χ2n) is 8.84. The highest BCUT2D eigenvalue weighted by molar-refractivity contribution is 6.30. The van der Waals surface area contributed by atoms with Gasteiger partial charge in [-0.2, -0.15) is 4.98 Å². The van der Waals surface area contributed by atoms with Crippen LogP contribution in [-0.4, -0.2) is 42.1 Å². The molecule has 30 heavy (non-hydrogen) atoms. The zero-order chi connectivity index (χ0) is 21.3. The van der Waals surface area contributed by atoms with Gasteiger partial charge in [0.2, 0.25) is 11.9 Å². The van der Waals surface area contributed by atoms with Crippen molar-refractivity contribution in [2.45, 2.75) is 62.9 Å². The highest BCUT2D eigenvalue weighted by Crippen LogP contribution is 2.48. The second-order valence-corrected chi connectivity index (χ2v) is 9.28. The normalized spacial score (nSPS) is 22.3. The fraction of sp³-hybridized carbons (Fsp3) is 0.522. The minimum absolute atomic E-state index is 0.166. The van der Waals surface area contributed by atoms with Crippen LogP contribution in [-0.2, 0) is 10.2 Å². The molecular weight excluding hydrogens is 398 g/mol. The van der Waals surface area contributed by atoms with Crippen LogP contribution in [0.2, 0.25) is 5.02 Å². The summed E-state index contributed by atoms with van der Waals surface area (Å²) in [6.07, 6.45) is 5.74. The first-order valence-electron chi connectivity index (χ1n) is 10.7. The third-order valence-corrected chi connectivity index (χ3v) is 6.53. The van der Waals surface area contributed by atoms with E-state index in [1.54, 1.807) is 0 Å². The van der Waals surface area contributed by atoms with Gasteiger partial charge in [-0.15, -0.1) is 0 Å². The molecule has 0 unspecified atom stereocenters. The van der Waals surface area contributed by atoms with Gasteiger partial charge in [-0.05, 0) is 63.1 Å². The topological polar surface area (TPSA) is 70.2 Å². The highest BCUT2D eigenvalue weighted by Gasteiger charge is 2.51. The number of carbonyl (C=O) groups excluding carboxylic acids is 1. The molecule has 4 rings (SSSR count). The molecule has 1 amide bonds. The van der Waals surface area contributed by atoms with Gasteiger partial charge in [0.25, 0.3) is 0 Å². The zero-order valence-corrected chi connectivity index (χ0v) is 18.7. The van der Waals surface area contributed by atoms with Gasteiger partial charge in [0, 0.05) is 43.0 Å². The van der Waals surface area contributed by atoms with Gasteiger partial charge < -0.3 is 15.5 Å². The molecular formula is C23H30ClN5O. The lowest BCUT2D eigenvalue weighted by molar-refractivity contribution is -0.124. The number of carbonyl (C=O) groups is 1. The Bertz CT molecular complexity index is 902. The molecule has 2 aromatic rings. The van der Waals surface area contributed by atoms with Crippen LogP contribution in [0.5, 0.6) is 0 Å². The zero-order valence-electron chi connectivity index (χ0n) is 17.9. The average molecular weight is 428 g/mol. The Morgan fingerprint density at radius 2 is 1.70 bits per heavy atom. The van der Waals surface area contributed by atoms with Crippen LogP contribution < -0.4 is 15.5 Å². The van der Waals surface area contributed by atoms with E-state index in [1.807, 2.05) is 56.3 Å². The molecule has 2 aliphatic rings. The number of aromatic nitrogens is 2. The van der Waals surface area contributed by atoms with Crippen molar-refractivity contribution in [1.82, 2.24) is 15.3 Å². The number of benzene rings is 1. The number of anilines is 2. The van der Waals surface area contributed by atoms with Crippen molar-refractivity contribution >= 4 is 29.3 Å². The highest BCUT2D eigenvalue weighted by atomic mass is 35.5. The summed E-state index contributed by atoms with van der Waals surface area (Å²) < 4.78 is 0. The molecule has 0 atom stereocenters. The van der Waals surface area contributed by atoms with Crippen LogP contribution in [0.4, 0.5) is 11.8 Å². The van der Waals surface area contributed by atoms with E-state index in [1.165, 1.54) is 0 Å². The molecule has 0 aliphatic heterocycles. The standard InChI is InChI=1S/C23H30ClN5O/c1-15-14-20(29(2)3)28-22(25-15)27-19-10-8-18(9-11-19)26-21(30)23(12-13-23)16-4-6-17(24)7-5-16/h4-7,14,18-19H,8-13H2,1-3H3,(H,26,30)(H,25,27,28). The second kappa shape index (κ2) is 8.42. The number of halogens is 1. The molecule has 0 saturated heterocycles. The van der Waals surface area contributed by atoms with Crippen LogP contribution >= 0.6 is 11.6 Å². The van der Waals surface area contributed by atoms with Gasteiger partial charge in [0.05, 0.1) is 5.41 Å². The summed E-state index contributed by atoms with van der Waals surface area (Å²) >= 11 is 6.00. The third-order valence-electron chi connectivity index (χ3n) is 6.28. The van der Waals surface area contributed by atoms with Crippen molar-refractivity contribution in [2.24, 2.45) is 0 Å². The fourth-order valence-corrected chi connectivity index (χ4v) is 4.40. The first-order chi connectivity index (χ1) is 14.4. The number of hydrogen-bond donors (Lipinski definition) is 2. The SMILES string of the molecule is Cc1cc(N(C)C)nc(NC2CCC(NC(=O)C3(c4ccc(Cl)cc4)CC3)CC2)n1. The molecule has 1 aromatic heterocycles. The van der Waals surface area contributed by atoms with Crippen molar-refractivity contribution in [3.63, 3.8) is 0 Å². The molecule has 2 aliphatic carbocycles. The summed E-state index contributed by atoms with van der Waals surface area (Å²) in [7, 11) is 3.96. The molecule has 7 heteroatoms. The van der Waals surface area contributed by atoms with Crippen LogP contribution in [0.3, 0.4) is 0 Å². The maximum atomic E-state index is 13.0. The molecule has 2 N–H and O–H groups in total. The Hall–Kier alpha value is -2.34. The van der Waals surface area contributed by atoms with E-state index < -0.39 is 0 Å². The van der Waals surface area contributed by atoms with E-state index in [0.29, 0.717) is 17.0 Å². The number of aryl methyl sites for hydroxylation is 1. The van der Waals surface area contributed by atoms with Crippen molar-refractivity contribution < 1.29 is 4.79 Å². The summed E-state index contributed by atoms with van der Waals surface area (Å²) in [4.78, 5) is 24.1. The first kappa shape index (κ1) is 20.9. The largest absolute Gasteiger partial charge is 0.363 e. The van der Waals surface area contributed by atoms with Crippen molar-refractivity contribution in [1.29, 1.82) is 0 Å². The Balaban J connectivity index is 1.31. The third kappa shape index (κ3) is 4.53. The van der Waals surface area contributed by atoms with E-state index in [4.69, 9.17) is 11.6 Å². The minimum Gasteiger partial charge on any atom is -0.363 e. The smallest absolute Gasteiger partial charge is 0.230 e. The molecule has 2 saturated carbocycles. The summed E-state index contributed by atoms with van der Waals surface area (Å²) in [5.74, 6) is 1.76. The summed E-state index contributed by atoms with van der Waals surface area (Å²) in [5, 5.41) is 7.51. The molecule has 0 spiro atoms. The number of hydrogen-bond acceptors (Lipinski definition) is 5. The number of amides is 1. The molecule has 0 bridgehead atoms. The quantitative estimate of drug-likeness (QED) is 0.727. The Labute approximate surface area is 183 Å². The lowest BCUT2D eigenvalue weighted by atomic mass is 9.89. The molecule has 160 valence electrons. The van der Waals surface area contributed by atoms with Crippen LogP contribution in [0, 0.1) is 6.92 Å². The Kier molecular flexibility index (Phi) is 5.87. The number of nitrogens with one attached hydrogen (secondary N) is 2. The van der Waals surface area contributed by atoms with Crippen molar-refractivity contribution in [3.8, 4) is 0 Å². The Morgan fingerprint density at radius 3 is 2.30 bits per heavy atom. The van der Waals surface area contributed by atoms with Gasteiger partial charge in [-0.1, -0.05) is 23.7 Å². The lowest BCUT2D eigenvalue weighted by Gasteiger charge is -2.31. The van der Waals surface area contributed by atoms with E-state index in [0.717, 1.165) is 55.6 Å². The summed E-state index contributed by atoms with van der Waals surface area (Å²) in [6, 6.07) is 10.3. The van der Waals surface area contributed by atoms with E-state index >= 15 is 0 Å². The average Bonchev–Trinajstić information content (AvgIpc) is 3.51. The van der Waals surface area contributed by atoms with E-state index in [-0.39, 0.29) is 17.4 Å². The van der Waals surface area contributed by atoms with Crippen LogP contribution in [0.1, 0.15) is 49.8 Å². The molecule has 0 radical (unpaired) electrons. The molecule has 6 nitrogen and oxygen atoms in total. The first-order valence-corrected chi connectivity index (χ1v) is 11.1. The van der Waals surface area contributed by atoms with Gasteiger partial charge in [0.1, 0.15) is 5.82 Å². The van der Waals surface area contributed by atoms with Crippen molar-refractivity contribution in [2.75, 3.05) is 24.3 Å². The monoisotopic (exact) mass is 427 g/mol. The summed E-state index contributed by atoms with van der Waals surface area (Å²) in [5.41, 5.74) is 1.68. The predicted octanol–water partition coefficient (Wildman–Crippen LogP) is 4.08. The van der Waals surface area contributed by atoms with Gasteiger partial charge in [-0.3, -0.25) is 4.79 Å². The van der Waals surface area contributed by atoms with Gasteiger partial charge >= 0.3 is 0 Å². The van der Waals surface area contributed by atoms with Crippen LogP contribution in [0.15, 0.2) is 30.3 Å². The maximum absolute atomic E-state index is 13.0. The van der Waals surface area contributed by atoms with Crippen LogP contribution in [0.25, 0.3) is 0 Å². The number of nitrogens with zero attached hydrogens (tertiary/aromatic N) is 3. The van der Waals surface area contributed by atoms with E-state index in [2.05, 4.69) is 20.6 Å². The molecule has 1 aromatic carbocycles.